The molecule has 194 valence electrons. The fraction of sp³-hybridized carbons (Fsp3) is 0.300. The molecule has 0 radical (unpaired) electrons. The first-order valence-corrected chi connectivity index (χ1v) is 13.2. The van der Waals surface area contributed by atoms with Crippen LogP contribution < -0.4 is 11.3 Å². The zero-order valence-corrected chi connectivity index (χ0v) is 21.3. The van der Waals surface area contributed by atoms with Crippen molar-refractivity contribution >= 4 is 27.8 Å². The van der Waals surface area contributed by atoms with Gasteiger partial charge in [-0.15, -0.1) is 0 Å². The molecule has 38 heavy (non-hydrogen) atoms. The molecule has 0 atom stereocenters. The first-order chi connectivity index (χ1) is 18.5. The molecule has 8 heteroatoms. The van der Waals surface area contributed by atoms with Crippen molar-refractivity contribution in [1.82, 2.24) is 19.5 Å². The number of rotatable bonds is 8. The van der Waals surface area contributed by atoms with Crippen molar-refractivity contribution in [3.63, 3.8) is 0 Å². The Morgan fingerprint density at radius 1 is 1.18 bits per heavy atom. The van der Waals surface area contributed by atoms with Gasteiger partial charge in [0.2, 0.25) is 5.95 Å². The van der Waals surface area contributed by atoms with Crippen LogP contribution in [0, 0.1) is 11.7 Å². The molecule has 3 aromatic heterocycles. The van der Waals surface area contributed by atoms with Gasteiger partial charge in [-0.25, -0.2) is 9.37 Å². The summed E-state index contributed by atoms with van der Waals surface area (Å²) in [5.41, 5.74) is 10.3. The predicted octanol–water partition coefficient (Wildman–Crippen LogP) is 5.44. The van der Waals surface area contributed by atoms with Crippen LogP contribution in [0.1, 0.15) is 49.4 Å². The second-order valence-corrected chi connectivity index (χ2v) is 10.2. The largest absolute Gasteiger partial charge is 0.392 e. The van der Waals surface area contributed by atoms with Gasteiger partial charge in [0.25, 0.3) is 5.56 Å². The van der Waals surface area contributed by atoms with E-state index in [1.807, 2.05) is 18.2 Å². The van der Waals surface area contributed by atoms with Crippen LogP contribution in [0.2, 0.25) is 0 Å². The van der Waals surface area contributed by atoms with E-state index in [-0.39, 0.29) is 17.9 Å². The molecule has 1 fully saturated rings. The van der Waals surface area contributed by atoms with E-state index < -0.39 is 11.4 Å². The van der Waals surface area contributed by atoms with Gasteiger partial charge >= 0.3 is 0 Å². The van der Waals surface area contributed by atoms with E-state index in [0.29, 0.717) is 39.5 Å². The quantitative estimate of drug-likeness (QED) is 0.257. The molecule has 7 nitrogen and oxygen atoms in total. The molecule has 0 saturated heterocycles. The summed E-state index contributed by atoms with van der Waals surface area (Å²) < 4.78 is 16.6. The number of aliphatic hydroxyl groups excluding tert-OH is 1. The number of anilines is 1. The van der Waals surface area contributed by atoms with E-state index >= 15 is 4.39 Å². The topological polar surface area (TPSA) is 110 Å². The zero-order valence-electron chi connectivity index (χ0n) is 21.3. The maximum atomic E-state index is 15.2. The predicted molar refractivity (Wildman–Crippen MR) is 148 cm³/mol. The Balaban J connectivity index is 1.50. The highest BCUT2D eigenvalue weighted by molar-refractivity contribution is 5.93. The number of H-pyrrole nitrogens is 1. The molecule has 0 amide bonds. The molecule has 4 N–H and O–H groups in total. The molecule has 0 spiro atoms. The lowest BCUT2D eigenvalue weighted by molar-refractivity contribution is 0.282. The van der Waals surface area contributed by atoms with Crippen molar-refractivity contribution in [3.8, 4) is 16.9 Å². The monoisotopic (exact) mass is 511 g/mol. The number of hydrogen-bond donors (Lipinski definition) is 3. The number of unbranched alkanes of at least 4 members (excludes halogenated alkanes) is 1. The molecular weight excluding hydrogens is 481 g/mol. The van der Waals surface area contributed by atoms with E-state index in [4.69, 9.17) is 5.73 Å². The smallest absolute Gasteiger partial charge is 0.265 e. The fourth-order valence-electron chi connectivity index (χ4n) is 5.33. The first-order valence-electron chi connectivity index (χ1n) is 13.2. The number of aromatic nitrogens is 4. The summed E-state index contributed by atoms with van der Waals surface area (Å²) in [6.07, 6.45) is 7.80. The van der Waals surface area contributed by atoms with Crippen LogP contribution in [-0.2, 0) is 19.4 Å². The fourth-order valence-corrected chi connectivity index (χ4v) is 5.33. The molecule has 3 heterocycles. The highest BCUT2D eigenvalue weighted by Crippen LogP contribution is 2.35. The lowest BCUT2D eigenvalue weighted by atomic mass is 10.00. The number of benzene rings is 2. The number of fused-ring (bicyclic) bond motifs is 2. The Labute approximate surface area is 219 Å². The summed E-state index contributed by atoms with van der Waals surface area (Å²) in [4.78, 5) is 25.8. The zero-order chi connectivity index (χ0) is 26.4. The maximum Gasteiger partial charge on any atom is 0.265 e. The van der Waals surface area contributed by atoms with Crippen molar-refractivity contribution in [2.24, 2.45) is 5.92 Å². The highest BCUT2D eigenvalue weighted by atomic mass is 19.1. The van der Waals surface area contributed by atoms with Crippen LogP contribution >= 0.6 is 0 Å². The lowest BCUT2D eigenvalue weighted by Gasteiger charge is -2.16. The number of nitrogens with two attached hydrogens (primary N) is 1. The van der Waals surface area contributed by atoms with Crippen LogP contribution in [0.25, 0.3) is 38.8 Å². The van der Waals surface area contributed by atoms with E-state index in [1.54, 1.807) is 24.4 Å². The third-order valence-electron chi connectivity index (χ3n) is 7.42. The third-order valence-corrected chi connectivity index (χ3v) is 7.42. The van der Waals surface area contributed by atoms with Gasteiger partial charge in [-0.1, -0.05) is 31.5 Å². The van der Waals surface area contributed by atoms with Gasteiger partial charge in [0, 0.05) is 28.4 Å². The Hall–Kier alpha value is -4.04. The Morgan fingerprint density at radius 3 is 2.79 bits per heavy atom. The van der Waals surface area contributed by atoms with Gasteiger partial charge in [0.1, 0.15) is 11.5 Å². The average Bonchev–Trinajstić information content (AvgIpc) is 3.62. The van der Waals surface area contributed by atoms with Crippen molar-refractivity contribution in [2.45, 2.75) is 52.1 Å². The second-order valence-electron chi connectivity index (χ2n) is 10.2. The average molecular weight is 512 g/mol. The van der Waals surface area contributed by atoms with Crippen molar-refractivity contribution < 1.29 is 9.50 Å². The third kappa shape index (κ3) is 4.35. The minimum absolute atomic E-state index is 0.0428. The van der Waals surface area contributed by atoms with Crippen LogP contribution in [0.3, 0.4) is 0 Å². The minimum atomic E-state index is -0.517. The van der Waals surface area contributed by atoms with E-state index in [0.717, 1.165) is 42.3 Å². The molecule has 5 aromatic rings. The van der Waals surface area contributed by atoms with E-state index in [9.17, 15) is 9.90 Å². The number of aryl methyl sites for hydroxylation is 1. The Kier molecular flexibility index (Phi) is 6.19. The minimum Gasteiger partial charge on any atom is -0.392 e. The second kappa shape index (κ2) is 9.68. The number of nitrogens with one attached hydrogen (secondary N) is 1. The summed E-state index contributed by atoms with van der Waals surface area (Å²) >= 11 is 0. The van der Waals surface area contributed by atoms with Gasteiger partial charge in [0.15, 0.2) is 0 Å². The van der Waals surface area contributed by atoms with E-state index in [1.165, 1.54) is 23.5 Å². The molecule has 0 unspecified atom stereocenters. The summed E-state index contributed by atoms with van der Waals surface area (Å²) in [6, 6.07) is 12.6. The molecule has 1 aliphatic carbocycles. The van der Waals surface area contributed by atoms with Crippen LogP contribution in [-0.4, -0.2) is 24.6 Å². The number of nitrogen functional groups attached to an aromatic ring is 1. The van der Waals surface area contributed by atoms with Crippen molar-refractivity contribution in [1.29, 1.82) is 0 Å². The van der Waals surface area contributed by atoms with E-state index in [2.05, 4.69) is 21.9 Å². The van der Waals surface area contributed by atoms with Gasteiger partial charge in [-0.2, -0.15) is 4.98 Å². The summed E-state index contributed by atoms with van der Waals surface area (Å²) in [6.45, 7) is 1.79. The first kappa shape index (κ1) is 24.3. The van der Waals surface area contributed by atoms with Gasteiger partial charge in [-0.05, 0) is 73.2 Å². The number of aliphatic hydroxyl groups is 1. The van der Waals surface area contributed by atoms with Gasteiger partial charge in [0.05, 0.1) is 23.4 Å². The van der Waals surface area contributed by atoms with Gasteiger partial charge in [-0.3, -0.25) is 9.36 Å². The molecule has 6 rings (SSSR count). The Morgan fingerprint density at radius 2 is 2.03 bits per heavy atom. The highest BCUT2D eigenvalue weighted by Gasteiger charge is 2.23. The Bertz CT molecular complexity index is 1740. The molecule has 0 bridgehead atoms. The SMILES string of the molecule is CCCCc1cc2c(-c3cccc(-n4ccc5cc(CC6CC6)cc(F)c5c4=O)c3CO)nc(N)nc2[nH]1. The summed E-state index contributed by atoms with van der Waals surface area (Å²) in [5.74, 6) is 0.209. The van der Waals surface area contributed by atoms with Crippen LogP contribution in [0.4, 0.5) is 10.3 Å². The van der Waals surface area contributed by atoms with Crippen LogP contribution in [0.5, 0.6) is 0 Å². The maximum absolute atomic E-state index is 15.2. The molecule has 2 aromatic carbocycles. The van der Waals surface area contributed by atoms with Crippen molar-refractivity contribution in [2.75, 3.05) is 5.73 Å². The number of hydrogen-bond acceptors (Lipinski definition) is 5. The lowest BCUT2D eigenvalue weighted by Crippen LogP contribution is -2.20. The molecule has 1 aliphatic rings. The van der Waals surface area contributed by atoms with Gasteiger partial charge < -0.3 is 15.8 Å². The number of halogens is 1. The van der Waals surface area contributed by atoms with Crippen LogP contribution in [0.15, 0.2) is 53.5 Å². The molecular formula is C30H30FN5O2. The standard InChI is InChI=1S/C30H30FN5O2/c1-2-3-5-20-15-22-27(34-30(32)35-28(22)33-20)21-6-4-7-25(23(21)16-37)36-11-10-19-13-18(12-17-8-9-17)14-24(31)26(19)29(36)38/h4,6-7,10-11,13-15,17,37H,2-3,5,8-9,12,16H2,1H3,(H3,32,33,34,35). The summed E-state index contributed by atoms with van der Waals surface area (Å²) in [5, 5.41) is 11.9. The molecule has 1 saturated carbocycles. The number of aromatic amines is 1. The molecule has 0 aliphatic heterocycles. The van der Waals surface area contributed by atoms with Crippen molar-refractivity contribution in [3.05, 3.63) is 81.7 Å². The normalized spacial score (nSPS) is 13.6. The summed E-state index contributed by atoms with van der Waals surface area (Å²) in [7, 11) is 0. The number of pyridine rings is 1. The number of nitrogens with zero attached hydrogens (tertiary/aromatic N) is 3.